The number of rotatable bonds is 5. The van der Waals surface area contributed by atoms with E-state index in [1.807, 2.05) is 61.5 Å². The van der Waals surface area contributed by atoms with Crippen LogP contribution in [-0.2, 0) is 0 Å². The topological polar surface area (TPSA) is 34.0 Å². The van der Waals surface area contributed by atoms with Crippen LogP contribution in [0.15, 0.2) is 64.8 Å². The van der Waals surface area contributed by atoms with Gasteiger partial charge in [0.05, 0.1) is 11.8 Å². The van der Waals surface area contributed by atoms with Gasteiger partial charge < -0.3 is 4.74 Å². The van der Waals surface area contributed by atoms with Crippen molar-refractivity contribution in [2.45, 2.75) is 26.4 Å². The molecule has 0 bridgehead atoms. The van der Waals surface area contributed by atoms with Crippen LogP contribution in [-0.4, -0.2) is 6.10 Å². The van der Waals surface area contributed by atoms with Gasteiger partial charge in [-0.2, -0.15) is 5.11 Å². The molecular weight excluding hydrogens is 236 g/mol. The van der Waals surface area contributed by atoms with Gasteiger partial charge in [-0.15, -0.1) is 5.11 Å². The summed E-state index contributed by atoms with van der Waals surface area (Å²) in [5.74, 6) is 0.775. The molecule has 2 aromatic carbocycles. The summed E-state index contributed by atoms with van der Waals surface area (Å²) < 4.78 is 5.83. The van der Waals surface area contributed by atoms with Gasteiger partial charge in [0.1, 0.15) is 11.4 Å². The van der Waals surface area contributed by atoms with E-state index in [1.54, 1.807) is 0 Å². The molecule has 0 heterocycles. The Morgan fingerprint density at radius 3 is 2.37 bits per heavy atom. The van der Waals surface area contributed by atoms with Crippen LogP contribution in [0.25, 0.3) is 0 Å². The first-order valence-corrected chi connectivity index (χ1v) is 6.52. The monoisotopic (exact) mass is 254 g/mol. The average molecular weight is 254 g/mol. The summed E-state index contributed by atoms with van der Waals surface area (Å²) in [5.41, 5.74) is 1.59. The molecule has 3 nitrogen and oxygen atoms in total. The van der Waals surface area contributed by atoms with Crippen LogP contribution in [0.3, 0.4) is 0 Å². The second-order valence-corrected chi connectivity index (χ2v) is 4.34. The zero-order valence-electron chi connectivity index (χ0n) is 11.3. The maximum atomic E-state index is 5.83. The molecule has 98 valence electrons. The van der Waals surface area contributed by atoms with Crippen molar-refractivity contribution in [1.82, 2.24) is 0 Å². The Morgan fingerprint density at radius 2 is 1.63 bits per heavy atom. The number of hydrogen-bond donors (Lipinski definition) is 0. The number of ether oxygens (including phenoxy) is 1. The van der Waals surface area contributed by atoms with Crippen molar-refractivity contribution in [3.8, 4) is 5.75 Å². The smallest absolute Gasteiger partial charge is 0.147 e. The number of nitrogens with zero attached hydrogens (tertiary/aromatic N) is 2. The number of hydrogen-bond acceptors (Lipinski definition) is 3. The minimum atomic E-state index is 0.174. The molecule has 0 saturated heterocycles. The highest BCUT2D eigenvalue weighted by molar-refractivity contribution is 5.51. The SMILES string of the molecule is CCC(C)Oc1ccccc1N=Nc1ccccc1. The molecule has 0 amide bonds. The van der Waals surface area contributed by atoms with Crippen LogP contribution in [0.5, 0.6) is 5.75 Å². The lowest BCUT2D eigenvalue weighted by Gasteiger charge is -2.13. The van der Waals surface area contributed by atoms with Crippen LogP contribution in [0.4, 0.5) is 11.4 Å². The Kier molecular flexibility index (Phi) is 4.67. The highest BCUT2D eigenvalue weighted by Crippen LogP contribution is 2.29. The first-order chi connectivity index (χ1) is 9.29. The van der Waals surface area contributed by atoms with E-state index in [1.165, 1.54) is 0 Å². The van der Waals surface area contributed by atoms with Gasteiger partial charge in [0.15, 0.2) is 0 Å². The fourth-order valence-corrected chi connectivity index (χ4v) is 1.55. The molecule has 0 N–H and O–H groups in total. The lowest BCUT2D eigenvalue weighted by Crippen LogP contribution is -2.09. The Bertz CT molecular complexity index is 537. The summed E-state index contributed by atoms with van der Waals surface area (Å²) in [6, 6.07) is 17.4. The first kappa shape index (κ1) is 13.3. The third kappa shape index (κ3) is 3.91. The van der Waals surface area contributed by atoms with E-state index in [0.29, 0.717) is 0 Å². The van der Waals surface area contributed by atoms with Gasteiger partial charge in [0.2, 0.25) is 0 Å². The molecule has 0 aliphatic heterocycles. The number of para-hydroxylation sites is 1. The molecule has 1 atom stereocenters. The molecule has 0 aliphatic rings. The third-order valence-corrected chi connectivity index (χ3v) is 2.80. The first-order valence-electron chi connectivity index (χ1n) is 6.52. The third-order valence-electron chi connectivity index (χ3n) is 2.80. The van der Waals surface area contributed by atoms with Crippen molar-refractivity contribution < 1.29 is 4.74 Å². The van der Waals surface area contributed by atoms with E-state index in [0.717, 1.165) is 23.5 Å². The van der Waals surface area contributed by atoms with Gasteiger partial charge in [-0.3, -0.25) is 0 Å². The van der Waals surface area contributed by atoms with Gasteiger partial charge in [-0.1, -0.05) is 37.3 Å². The maximum absolute atomic E-state index is 5.83. The zero-order valence-corrected chi connectivity index (χ0v) is 11.3. The summed E-state index contributed by atoms with van der Waals surface area (Å²) in [6.45, 7) is 4.14. The van der Waals surface area contributed by atoms with E-state index in [-0.39, 0.29) is 6.10 Å². The molecule has 3 heteroatoms. The van der Waals surface area contributed by atoms with Crippen LogP contribution in [0.1, 0.15) is 20.3 Å². The molecular formula is C16H18N2O. The summed E-state index contributed by atoms with van der Waals surface area (Å²) in [4.78, 5) is 0. The van der Waals surface area contributed by atoms with Gasteiger partial charge >= 0.3 is 0 Å². The Hall–Kier alpha value is -2.16. The normalized spacial score (nSPS) is 12.5. The second kappa shape index (κ2) is 6.69. The number of benzene rings is 2. The van der Waals surface area contributed by atoms with Crippen LogP contribution in [0, 0.1) is 0 Å². The van der Waals surface area contributed by atoms with Gasteiger partial charge in [0, 0.05) is 0 Å². The molecule has 0 saturated carbocycles. The minimum Gasteiger partial charge on any atom is -0.488 e. The van der Waals surface area contributed by atoms with E-state index in [2.05, 4.69) is 17.2 Å². The summed E-state index contributed by atoms with van der Waals surface area (Å²) >= 11 is 0. The van der Waals surface area contributed by atoms with Gasteiger partial charge in [-0.05, 0) is 37.6 Å². The molecule has 0 fully saturated rings. The lowest BCUT2D eigenvalue weighted by atomic mass is 10.3. The fraction of sp³-hybridized carbons (Fsp3) is 0.250. The molecule has 1 unspecified atom stereocenters. The molecule has 0 aliphatic carbocycles. The Morgan fingerprint density at radius 1 is 0.947 bits per heavy atom. The minimum absolute atomic E-state index is 0.174. The summed E-state index contributed by atoms with van der Waals surface area (Å²) in [6.07, 6.45) is 1.14. The van der Waals surface area contributed by atoms with Crippen LogP contribution in [0.2, 0.25) is 0 Å². The van der Waals surface area contributed by atoms with Crippen molar-refractivity contribution >= 4 is 11.4 Å². The zero-order chi connectivity index (χ0) is 13.5. The molecule has 0 aromatic heterocycles. The van der Waals surface area contributed by atoms with Crippen LogP contribution < -0.4 is 4.74 Å². The molecule has 0 radical (unpaired) electrons. The molecule has 2 aromatic rings. The van der Waals surface area contributed by atoms with Crippen molar-refractivity contribution in [2.24, 2.45) is 10.2 Å². The van der Waals surface area contributed by atoms with Crippen LogP contribution >= 0.6 is 0 Å². The van der Waals surface area contributed by atoms with E-state index >= 15 is 0 Å². The van der Waals surface area contributed by atoms with Crippen molar-refractivity contribution in [2.75, 3.05) is 0 Å². The lowest BCUT2D eigenvalue weighted by molar-refractivity contribution is 0.218. The summed E-state index contributed by atoms with van der Waals surface area (Å²) in [7, 11) is 0. The predicted octanol–water partition coefficient (Wildman–Crippen LogP) is 5.28. The largest absolute Gasteiger partial charge is 0.488 e. The predicted molar refractivity (Wildman–Crippen MR) is 77.4 cm³/mol. The van der Waals surface area contributed by atoms with E-state index in [4.69, 9.17) is 4.74 Å². The summed E-state index contributed by atoms with van der Waals surface area (Å²) in [5, 5.41) is 8.48. The van der Waals surface area contributed by atoms with Gasteiger partial charge in [-0.25, -0.2) is 0 Å². The van der Waals surface area contributed by atoms with E-state index < -0.39 is 0 Å². The average Bonchev–Trinajstić information content (AvgIpc) is 2.47. The quantitative estimate of drug-likeness (QED) is 0.668. The standard InChI is InChI=1S/C16H18N2O/c1-3-13(2)19-16-12-8-7-11-15(16)18-17-14-9-5-4-6-10-14/h4-13H,3H2,1-2H3. The van der Waals surface area contributed by atoms with E-state index in [9.17, 15) is 0 Å². The molecule has 19 heavy (non-hydrogen) atoms. The molecule has 0 spiro atoms. The number of azo groups is 1. The fourth-order valence-electron chi connectivity index (χ4n) is 1.55. The Balaban J connectivity index is 2.18. The highest BCUT2D eigenvalue weighted by Gasteiger charge is 2.05. The highest BCUT2D eigenvalue weighted by atomic mass is 16.5. The molecule has 2 rings (SSSR count). The van der Waals surface area contributed by atoms with Gasteiger partial charge in [0.25, 0.3) is 0 Å². The van der Waals surface area contributed by atoms with Crippen molar-refractivity contribution in [3.63, 3.8) is 0 Å². The Labute approximate surface area is 114 Å². The second-order valence-electron chi connectivity index (χ2n) is 4.34. The van der Waals surface area contributed by atoms with Crippen molar-refractivity contribution in [3.05, 3.63) is 54.6 Å². The van der Waals surface area contributed by atoms with Crippen molar-refractivity contribution in [1.29, 1.82) is 0 Å². The maximum Gasteiger partial charge on any atom is 0.147 e.